The minimum Gasteiger partial charge on any atom is -0.481 e. The highest BCUT2D eigenvalue weighted by molar-refractivity contribution is 5.73. The van der Waals surface area contributed by atoms with Gasteiger partial charge in [-0.1, -0.05) is 46.5 Å². The summed E-state index contributed by atoms with van der Waals surface area (Å²) in [5.74, 6) is -0.959. The first-order valence-electron chi connectivity index (χ1n) is 11.0. The highest BCUT2D eigenvalue weighted by Crippen LogP contribution is 2.15. The first-order valence-corrected chi connectivity index (χ1v) is 11.0. The van der Waals surface area contributed by atoms with E-state index in [-0.39, 0.29) is 30.3 Å². The number of carbonyl (C=O) groups is 3. The minimum atomic E-state index is -0.753. The maximum atomic E-state index is 11.9. The van der Waals surface area contributed by atoms with Gasteiger partial charge in [-0.25, -0.2) is 0 Å². The zero-order chi connectivity index (χ0) is 21.4. The first-order chi connectivity index (χ1) is 13.3. The molecule has 6 nitrogen and oxygen atoms in total. The number of ether oxygens (including phenoxy) is 1. The third-order valence-electron chi connectivity index (χ3n) is 4.85. The quantitative estimate of drug-likeness (QED) is 0.281. The van der Waals surface area contributed by atoms with Crippen molar-refractivity contribution in [2.45, 2.75) is 104 Å². The van der Waals surface area contributed by atoms with E-state index in [0.29, 0.717) is 19.5 Å². The van der Waals surface area contributed by atoms with Crippen molar-refractivity contribution in [3.05, 3.63) is 0 Å². The molecular formula is C22H41NO5. The summed E-state index contributed by atoms with van der Waals surface area (Å²) < 4.78 is 5.66. The Bertz CT molecular complexity index is 450. The molecule has 28 heavy (non-hydrogen) atoms. The monoisotopic (exact) mass is 399 g/mol. The third-order valence-corrected chi connectivity index (χ3v) is 4.85. The van der Waals surface area contributed by atoms with Crippen LogP contribution in [0.15, 0.2) is 0 Å². The van der Waals surface area contributed by atoms with Gasteiger partial charge in [-0.2, -0.15) is 0 Å². The fraction of sp³-hybridized carbons (Fsp3) is 0.864. The number of nitrogens with zero attached hydrogens (tertiary/aromatic N) is 1. The molecule has 0 spiro atoms. The Labute approximate surface area is 171 Å². The normalized spacial score (nSPS) is 12.0. The lowest BCUT2D eigenvalue weighted by Gasteiger charge is -2.23. The SMILES string of the molecule is CCCCCC(CCCN(CCCCCCC(=O)O)C(C)=O)OC(=O)C(C)C. The van der Waals surface area contributed by atoms with Gasteiger partial charge in [0.15, 0.2) is 0 Å². The van der Waals surface area contributed by atoms with Crippen LogP contribution in [0.4, 0.5) is 0 Å². The molecule has 1 atom stereocenters. The summed E-state index contributed by atoms with van der Waals surface area (Å²) in [5.41, 5.74) is 0. The van der Waals surface area contributed by atoms with Gasteiger partial charge in [-0.15, -0.1) is 0 Å². The number of hydrogen-bond donors (Lipinski definition) is 1. The molecule has 0 rings (SSSR count). The highest BCUT2D eigenvalue weighted by Gasteiger charge is 2.17. The maximum absolute atomic E-state index is 11.9. The summed E-state index contributed by atoms with van der Waals surface area (Å²) in [4.78, 5) is 36.2. The van der Waals surface area contributed by atoms with Crippen LogP contribution in [0, 0.1) is 5.92 Å². The van der Waals surface area contributed by atoms with E-state index in [9.17, 15) is 14.4 Å². The number of unbranched alkanes of at least 4 members (excludes halogenated alkanes) is 5. The van der Waals surface area contributed by atoms with E-state index in [1.54, 1.807) is 6.92 Å². The minimum absolute atomic E-state index is 0.0623. The van der Waals surface area contributed by atoms with Crippen molar-refractivity contribution in [2.75, 3.05) is 13.1 Å². The Morgan fingerprint density at radius 3 is 2.07 bits per heavy atom. The number of hydrogen-bond acceptors (Lipinski definition) is 4. The second kappa shape index (κ2) is 16.4. The molecule has 0 bridgehead atoms. The van der Waals surface area contributed by atoms with Gasteiger partial charge in [-0.3, -0.25) is 14.4 Å². The Morgan fingerprint density at radius 1 is 0.893 bits per heavy atom. The summed E-state index contributed by atoms with van der Waals surface area (Å²) in [6.45, 7) is 8.81. The van der Waals surface area contributed by atoms with Crippen molar-refractivity contribution in [3.8, 4) is 0 Å². The zero-order valence-electron chi connectivity index (χ0n) is 18.4. The summed E-state index contributed by atoms with van der Waals surface area (Å²) in [7, 11) is 0. The zero-order valence-corrected chi connectivity index (χ0v) is 18.4. The predicted molar refractivity (Wildman–Crippen MR) is 111 cm³/mol. The van der Waals surface area contributed by atoms with Crippen LogP contribution in [0.25, 0.3) is 0 Å². The smallest absolute Gasteiger partial charge is 0.308 e. The van der Waals surface area contributed by atoms with Gasteiger partial charge in [0.1, 0.15) is 6.10 Å². The molecule has 0 aromatic rings. The largest absolute Gasteiger partial charge is 0.481 e. The van der Waals surface area contributed by atoms with Crippen LogP contribution < -0.4 is 0 Å². The number of rotatable bonds is 17. The molecule has 0 aromatic heterocycles. The van der Waals surface area contributed by atoms with Gasteiger partial charge >= 0.3 is 11.9 Å². The number of carbonyl (C=O) groups excluding carboxylic acids is 2. The standard InChI is InChI=1S/C22H41NO5/c1-5-6-9-13-20(28-22(27)18(2)3)14-12-17-23(19(4)24)16-11-8-7-10-15-21(25)26/h18,20H,5-17H2,1-4H3,(H,25,26). The molecule has 6 heteroatoms. The van der Waals surface area contributed by atoms with E-state index in [1.165, 1.54) is 0 Å². The van der Waals surface area contributed by atoms with Crippen molar-refractivity contribution >= 4 is 17.8 Å². The van der Waals surface area contributed by atoms with Gasteiger partial charge in [-0.05, 0) is 38.5 Å². The van der Waals surface area contributed by atoms with Crippen LogP contribution in [-0.2, 0) is 19.1 Å². The summed E-state index contributed by atoms with van der Waals surface area (Å²) >= 11 is 0. The molecule has 0 aliphatic rings. The summed E-state index contributed by atoms with van der Waals surface area (Å²) in [6.07, 6.45) is 9.35. The number of carboxylic acid groups (broad SMARTS) is 1. The van der Waals surface area contributed by atoms with Gasteiger partial charge in [0, 0.05) is 26.4 Å². The van der Waals surface area contributed by atoms with E-state index >= 15 is 0 Å². The molecular weight excluding hydrogens is 358 g/mol. The van der Waals surface area contributed by atoms with Crippen molar-refractivity contribution in [1.29, 1.82) is 0 Å². The van der Waals surface area contributed by atoms with E-state index in [1.807, 2.05) is 18.7 Å². The van der Waals surface area contributed by atoms with Crippen molar-refractivity contribution in [1.82, 2.24) is 4.90 Å². The second-order valence-corrected chi connectivity index (χ2v) is 7.92. The third kappa shape index (κ3) is 14.5. The van der Waals surface area contributed by atoms with Gasteiger partial charge < -0.3 is 14.7 Å². The molecule has 164 valence electrons. The van der Waals surface area contributed by atoms with E-state index in [2.05, 4.69) is 6.92 Å². The number of amides is 1. The van der Waals surface area contributed by atoms with Crippen molar-refractivity contribution < 1.29 is 24.2 Å². The van der Waals surface area contributed by atoms with Crippen LogP contribution in [-0.4, -0.2) is 47.0 Å². The molecule has 0 saturated carbocycles. The van der Waals surface area contributed by atoms with Crippen LogP contribution in [0.5, 0.6) is 0 Å². The van der Waals surface area contributed by atoms with Crippen LogP contribution in [0.3, 0.4) is 0 Å². The summed E-state index contributed by atoms with van der Waals surface area (Å²) in [6, 6.07) is 0. The van der Waals surface area contributed by atoms with Crippen LogP contribution in [0.1, 0.15) is 98.3 Å². The topological polar surface area (TPSA) is 83.9 Å². The van der Waals surface area contributed by atoms with Crippen LogP contribution in [0.2, 0.25) is 0 Å². The van der Waals surface area contributed by atoms with E-state index in [4.69, 9.17) is 9.84 Å². The fourth-order valence-corrected chi connectivity index (χ4v) is 3.05. The van der Waals surface area contributed by atoms with Crippen LogP contribution >= 0.6 is 0 Å². The maximum Gasteiger partial charge on any atom is 0.308 e. The van der Waals surface area contributed by atoms with Crippen molar-refractivity contribution in [3.63, 3.8) is 0 Å². The lowest BCUT2D eigenvalue weighted by molar-refractivity contribution is -0.153. The number of carboxylic acids is 1. The molecule has 0 fully saturated rings. The Morgan fingerprint density at radius 2 is 1.50 bits per heavy atom. The van der Waals surface area contributed by atoms with E-state index in [0.717, 1.165) is 57.8 Å². The highest BCUT2D eigenvalue weighted by atomic mass is 16.5. The molecule has 0 aliphatic heterocycles. The molecule has 0 saturated heterocycles. The van der Waals surface area contributed by atoms with Gasteiger partial charge in [0.25, 0.3) is 0 Å². The molecule has 0 aromatic carbocycles. The molecule has 0 heterocycles. The number of aliphatic carboxylic acids is 1. The lowest BCUT2D eigenvalue weighted by atomic mass is 10.1. The van der Waals surface area contributed by atoms with E-state index < -0.39 is 5.97 Å². The average Bonchev–Trinajstić information content (AvgIpc) is 2.62. The molecule has 0 aliphatic carbocycles. The fourth-order valence-electron chi connectivity index (χ4n) is 3.05. The Kier molecular flexibility index (Phi) is 15.4. The van der Waals surface area contributed by atoms with Gasteiger partial charge in [0.2, 0.25) is 5.91 Å². The van der Waals surface area contributed by atoms with Gasteiger partial charge in [0.05, 0.1) is 5.92 Å². The predicted octanol–water partition coefficient (Wildman–Crippen LogP) is 4.80. The second-order valence-electron chi connectivity index (χ2n) is 7.92. The molecule has 0 radical (unpaired) electrons. The molecule has 1 N–H and O–H groups in total. The molecule has 1 unspecified atom stereocenters. The lowest BCUT2D eigenvalue weighted by Crippen LogP contribution is -2.31. The summed E-state index contributed by atoms with van der Waals surface area (Å²) in [5, 5.41) is 8.64. The Balaban J connectivity index is 4.27. The van der Waals surface area contributed by atoms with Crippen molar-refractivity contribution in [2.24, 2.45) is 5.92 Å². The Hall–Kier alpha value is -1.59. The first kappa shape index (κ1) is 26.4. The average molecular weight is 400 g/mol. The number of esters is 1. The molecule has 1 amide bonds.